The molecule has 0 radical (unpaired) electrons. The normalized spacial score (nSPS) is 11.6. The van der Waals surface area contributed by atoms with Crippen LogP contribution in [0.4, 0.5) is 10.5 Å². The summed E-state index contributed by atoms with van der Waals surface area (Å²) in [5.74, 6) is -0.471. The molecule has 0 aromatic heterocycles. The number of aliphatic carboxylic acids is 1. The molecule has 0 saturated heterocycles. The van der Waals surface area contributed by atoms with Crippen molar-refractivity contribution in [3.05, 3.63) is 59.2 Å². The van der Waals surface area contributed by atoms with Gasteiger partial charge in [0.15, 0.2) is 6.10 Å². The van der Waals surface area contributed by atoms with E-state index >= 15 is 0 Å². The van der Waals surface area contributed by atoms with Gasteiger partial charge in [-0.25, -0.2) is 10.1 Å². The standard InChI is InChI=1S/C23H26N2O6/c1-4-29-20-10-7-17(12-21(22(26)27)31-15(2)3)11-18(20)14-30-23(28)25-19-8-5-16(13-24)6-9-19/h5-11,15,21H,4,12,14H2,1-3H3,(H,25,28)(H,26,27)/p+1. The molecule has 164 valence electrons. The Morgan fingerprint density at radius 2 is 1.87 bits per heavy atom. The van der Waals surface area contributed by atoms with Gasteiger partial charge in [0.25, 0.3) is 0 Å². The number of hydrogen-bond acceptors (Lipinski definition) is 6. The van der Waals surface area contributed by atoms with Crippen LogP contribution in [0.2, 0.25) is 0 Å². The smallest absolute Gasteiger partial charge is 0.493 e. The van der Waals surface area contributed by atoms with Gasteiger partial charge in [0, 0.05) is 24.1 Å². The Morgan fingerprint density at radius 3 is 2.45 bits per heavy atom. The lowest BCUT2D eigenvalue weighted by molar-refractivity contribution is -0.483. The van der Waals surface area contributed by atoms with Crippen LogP contribution in [0.1, 0.15) is 37.5 Å². The third-order valence-electron chi connectivity index (χ3n) is 4.25. The molecule has 0 aliphatic carbocycles. The fourth-order valence-corrected chi connectivity index (χ4v) is 2.89. The van der Waals surface area contributed by atoms with Crippen LogP contribution < -0.4 is 10.1 Å². The molecule has 1 unspecified atom stereocenters. The van der Waals surface area contributed by atoms with Crippen molar-refractivity contribution in [1.29, 1.82) is 5.26 Å². The van der Waals surface area contributed by atoms with Gasteiger partial charge in [-0.05, 0) is 50.6 Å². The van der Waals surface area contributed by atoms with Crippen molar-refractivity contribution in [3.63, 3.8) is 0 Å². The monoisotopic (exact) mass is 427 g/mol. The van der Waals surface area contributed by atoms with Crippen molar-refractivity contribution in [1.82, 2.24) is 0 Å². The van der Waals surface area contributed by atoms with E-state index in [4.69, 9.17) is 19.5 Å². The minimum absolute atomic E-state index is 0.0302. The van der Waals surface area contributed by atoms with E-state index in [0.29, 0.717) is 29.2 Å². The third kappa shape index (κ3) is 7.74. The van der Waals surface area contributed by atoms with Crippen LogP contribution in [0, 0.1) is 11.3 Å². The maximum absolute atomic E-state index is 12.2. The summed E-state index contributed by atoms with van der Waals surface area (Å²) in [6.45, 7) is 5.81. The number of benzene rings is 2. The molecule has 31 heavy (non-hydrogen) atoms. The zero-order valence-corrected chi connectivity index (χ0v) is 17.8. The zero-order valence-electron chi connectivity index (χ0n) is 17.8. The van der Waals surface area contributed by atoms with Crippen LogP contribution in [-0.4, -0.2) is 36.0 Å². The van der Waals surface area contributed by atoms with Crippen LogP contribution in [-0.2, 0) is 27.3 Å². The van der Waals surface area contributed by atoms with E-state index in [2.05, 4.69) is 0 Å². The summed E-state index contributed by atoms with van der Waals surface area (Å²) < 4.78 is 16.4. The van der Waals surface area contributed by atoms with E-state index in [1.165, 1.54) is 5.32 Å². The number of carbonyl (C=O) groups excluding carboxylic acids is 1. The Balaban J connectivity index is 2.08. The average Bonchev–Trinajstić information content (AvgIpc) is 2.73. The number of ether oxygens (including phenoxy) is 3. The second kappa shape index (κ2) is 11.7. The molecule has 2 aromatic rings. The second-order valence-electron chi connectivity index (χ2n) is 7.08. The third-order valence-corrected chi connectivity index (χ3v) is 4.25. The Labute approximate surface area is 181 Å². The van der Waals surface area contributed by atoms with E-state index in [1.54, 1.807) is 56.3 Å². The number of quaternary nitrogens is 1. The lowest BCUT2D eigenvalue weighted by atomic mass is 10.0. The minimum Gasteiger partial charge on any atom is -0.493 e. The van der Waals surface area contributed by atoms with E-state index in [9.17, 15) is 14.7 Å². The molecular formula is C23H27N2O6+. The lowest BCUT2D eigenvalue weighted by Crippen LogP contribution is -2.82. The van der Waals surface area contributed by atoms with Crippen molar-refractivity contribution in [3.8, 4) is 11.8 Å². The van der Waals surface area contributed by atoms with Crippen LogP contribution in [0.3, 0.4) is 0 Å². The second-order valence-corrected chi connectivity index (χ2v) is 7.08. The summed E-state index contributed by atoms with van der Waals surface area (Å²) in [5.41, 5.74) is 2.50. The van der Waals surface area contributed by atoms with E-state index in [1.807, 2.05) is 13.0 Å². The maximum atomic E-state index is 12.2. The van der Waals surface area contributed by atoms with E-state index in [0.717, 1.165) is 5.56 Å². The minimum atomic E-state index is -1.03. The Kier molecular flexibility index (Phi) is 9.00. The topological polar surface area (TPSA) is 122 Å². The highest BCUT2D eigenvalue weighted by atomic mass is 16.5. The number of primary amides is 1. The van der Waals surface area contributed by atoms with Crippen molar-refractivity contribution in [2.24, 2.45) is 0 Å². The van der Waals surface area contributed by atoms with Gasteiger partial charge in [0.1, 0.15) is 18.0 Å². The van der Waals surface area contributed by atoms with Gasteiger partial charge in [-0.15, -0.1) is 0 Å². The molecule has 0 fully saturated rings. The summed E-state index contributed by atoms with van der Waals surface area (Å²) in [5, 5.41) is 19.6. The number of amides is 1. The van der Waals surface area contributed by atoms with Crippen LogP contribution >= 0.6 is 0 Å². The van der Waals surface area contributed by atoms with Crippen LogP contribution in [0.25, 0.3) is 0 Å². The first-order chi connectivity index (χ1) is 14.8. The molecule has 2 aromatic carbocycles. The number of nitriles is 1. The molecule has 0 aliphatic heterocycles. The van der Waals surface area contributed by atoms with Crippen molar-refractivity contribution in [2.75, 3.05) is 6.61 Å². The fraction of sp³-hybridized carbons (Fsp3) is 0.348. The van der Waals surface area contributed by atoms with Crippen LogP contribution in [0.5, 0.6) is 5.75 Å². The van der Waals surface area contributed by atoms with Gasteiger partial charge in [0.05, 0.1) is 24.3 Å². The number of nitrogens with zero attached hydrogens (tertiary/aromatic N) is 1. The summed E-state index contributed by atoms with van der Waals surface area (Å²) in [6.07, 6.45) is -1.55. The number of carbonyl (C=O) groups is 2. The quantitative estimate of drug-likeness (QED) is 0.559. The van der Waals surface area contributed by atoms with Gasteiger partial charge in [0.2, 0.25) is 0 Å². The Morgan fingerprint density at radius 1 is 1.16 bits per heavy atom. The van der Waals surface area contributed by atoms with Gasteiger partial charge in [-0.3, -0.25) is 0 Å². The number of nitrogens with two attached hydrogens (primary N) is 1. The molecule has 8 heteroatoms. The molecule has 3 N–H and O–H groups in total. The maximum Gasteiger partial charge on any atom is 0.518 e. The first-order valence-electron chi connectivity index (χ1n) is 9.97. The lowest BCUT2D eigenvalue weighted by Gasteiger charge is -2.18. The molecule has 0 saturated carbocycles. The van der Waals surface area contributed by atoms with Crippen LogP contribution in [0.15, 0.2) is 42.5 Å². The molecule has 0 heterocycles. The summed E-state index contributed by atoms with van der Waals surface area (Å²) in [6, 6.07) is 13.9. The summed E-state index contributed by atoms with van der Waals surface area (Å²) >= 11 is 0. The van der Waals surface area contributed by atoms with Crippen molar-refractivity contribution >= 4 is 17.7 Å². The number of carboxylic acids is 1. The van der Waals surface area contributed by atoms with E-state index in [-0.39, 0.29) is 19.1 Å². The number of rotatable bonds is 10. The highest BCUT2D eigenvalue weighted by Crippen LogP contribution is 2.23. The fourth-order valence-electron chi connectivity index (χ4n) is 2.89. The van der Waals surface area contributed by atoms with E-state index < -0.39 is 18.2 Å². The van der Waals surface area contributed by atoms with Gasteiger partial charge in [-0.2, -0.15) is 10.1 Å². The molecule has 0 spiro atoms. The molecule has 1 atom stereocenters. The van der Waals surface area contributed by atoms with Crippen molar-refractivity contribution in [2.45, 2.75) is 46.0 Å². The van der Waals surface area contributed by atoms with Gasteiger partial charge < -0.3 is 19.3 Å². The molecule has 1 amide bonds. The SMILES string of the molecule is CCOc1ccc(CC(OC(C)C)C(=O)O)cc1COC(=O)[NH2+]c1ccc(C#N)cc1. The zero-order chi connectivity index (χ0) is 22.8. The first kappa shape index (κ1) is 23.9. The van der Waals surface area contributed by atoms with Gasteiger partial charge >= 0.3 is 12.1 Å². The Hall–Kier alpha value is -3.41. The summed E-state index contributed by atoms with van der Waals surface area (Å²) in [4.78, 5) is 23.7. The average molecular weight is 427 g/mol. The first-order valence-corrected chi connectivity index (χ1v) is 9.97. The molecule has 0 aliphatic rings. The predicted octanol–water partition coefficient (Wildman–Crippen LogP) is 2.91. The molecule has 0 bridgehead atoms. The number of carboxylic acid groups (broad SMARTS) is 1. The molecule has 2 rings (SSSR count). The highest BCUT2D eigenvalue weighted by molar-refractivity contribution is 5.72. The molecule has 8 nitrogen and oxygen atoms in total. The van der Waals surface area contributed by atoms with Gasteiger partial charge in [-0.1, -0.05) is 6.07 Å². The van der Waals surface area contributed by atoms with Crippen molar-refractivity contribution < 1.29 is 34.2 Å². The molecular weight excluding hydrogens is 400 g/mol. The highest BCUT2D eigenvalue weighted by Gasteiger charge is 2.21. The Bertz CT molecular complexity index is 934. The summed E-state index contributed by atoms with van der Waals surface area (Å²) in [7, 11) is 0. The predicted molar refractivity (Wildman–Crippen MR) is 112 cm³/mol. The largest absolute Gasteiger partial charge is 0.518 e. The number of hydrogen-bond donors (Lipinski definition) is 2.